The van der Waals surface area contributed by atoms with Gasteiger partial charge in [0.15, 0.2) is 0 Å². The van der Waals surface area contributed by atoms with Crippen molar-refractivity contribution in [1.29, 1.82) is 0 Å². The molecule has 2 heterocycles. The largest absolute Gasteiger partial charge is 0.481 e. The molecule has 0 bridgehead atoms. The Kier molecular flexibility index (Phi) is 4.38. The molecule has 0 aromatic carbocycles. The summed E-state index contributed by atoms with van der Waals surface area (Å²) in [6, 6.07) is 0.403. The number of hydrogen-bond donors (Lipinski definition) is 2. The summed E-state index contributed by atoms with van der Waals surface area (Å²) in [6.07, 6.45) is 0. The Hall–Kier alpha value is -0.380. The Morgan fingerprint density at radius 1 is 1.47 bits per heavy atom. The standard InChI is InChI=1S/C9H9Cl2NO5S2/c10-7-1-6(8(11)18-7)19(15,16)12-5-3-17-2-4(5)9(13)14/h1,4-5,12H,2-3H2,(H,13,14). The lowest BCUT2D eigenvalue weighted by molar-refractivity contribution is -0.142. The Bertz CT molecular complexity index is 600. The molecule has 1 aliphatic heterocycles. The molecule has 1 aliphatic rings. The predicted molar refractivity (Wildman–Crippen MR) is 70.4 cm³/mol. The van der Waals surface area contributed by atoms with Crippen LogP contribution in [0, 0.1) is 5.92 Å². The van der Waals surface area contributed by atoms with Crippen molar-refractivity contribution in [2.24, 2.45) is 5.92 Å². The minimum Gasteiger partial charge on any atom is -0.481 e. The smallest absolute Gasteiger partial charge is 0.310 e. The van der Waals surface area contributed by atoms with Crippen molar-refractivity contribution in [1.82, 2.24) is 4.72 Å². The van der Waals surface area contributed by atoms with E-state index in [4.69, 9.17) is 33.0 Å². The fourth-order valence-electron chi connectivity index (χ4n) is 1.68. The van der Waals surface area contributed by atoms with Crippen LogP contribution in [0.4, 0.5) is 0 Å². The predicted octanol–water partition coefficient (Wildman–Crippen LogP) is 1.43. The van der Waals surface area contributed by atoms with E-state index in [1.54, 1.807) is 0 Å². The number of carboxylic acid groups (broad SMARTS) is 1. The van der Waals surface area contributed by atoms with E-state index in [-0.39, 0.29) is 26.8 Å². The van der Waals surface area contributed by atoms with Crippen LogP contribution in [-0.2, 0) is 19.6 Å². The molecule has 0 saturated carbocycles. The zero-order valence-electron chi connectivity index (χ0n) is 9.30. The molecule has 2 atom stereocenters. The molecule has 106 valence electrons. The summed E-state index contributed by atoms with van der Waals surface area (Å²) in [4.78, 5) is 10.8. The van der Waals surface area contributed by atoms with Gasteiger partial charge in [-0.25, -0.2) is 13.1 Å². The first-order valence-electron chi connectivity index (χ1n) is 5.09. The molecule has 0 aliphatic carbocycles. The lowest BCUT2D eigenvalue weighted by Crippen LogP contribution is -2.42. The molecule has 0 spiro atoms. The monoisotopic (exact) mass is 345 g/mol. The molecule has 2 unspecified atom stereocenters. The summed E-state index contributed by atoms with van der Waals surface area (Å²) >= 11 is 12.4. The Labute approximate surface area is 123 Å². The first-order chi connectivity index (χ1) is 8.81. The van der Waals surface area contributed by atoms with Crippen molar-refractivity contribution in [2.45, 2.75) is 10.9 Å². The summed E-state index contributed by atoms with van der Waals surface area (Å²) in [6.45, 7) is -0.0215. The Morgan fingerprint density at radius 2 is 2.16 bits per heavy atom. The molecule has 2 N–H and O–H groups in total. The highest BCUT2D eigenvalue weighted by Crippen LogP contribution is 2.34. The average Bonchev–Trinajstić information content (AvgIpc) is 2.84. The minimum atomic E-state index is -3.92. The number of nitrogens with one attached hydrogen (secondary N) is 1. The van der Waals surface area contributed by atoms with Crippen molar-refractivity contribution in [2.75, 3.05) is 13.2 Å². The molecule has 1 aromatic heterocycles. The molecule has 0 radical (unpaired) electrons. The fourth-order valence-corrected chi connectivity index (χ4v) is 5.10. The maximum atomic E-state index is 12.1. The Morgan fingerprint density at radius 3 is 2.68 bits per heavy atom. The fraction of sp³-hybridized carbons (Fsp3) is 0.444. The van der Waals surface area contributed by atoms with Crippen LogP contribution in [0.15, 0.2) is 11.0 Å². The first-order valence-corrected chi connectivity index (χ1v) is 8.14. The quantitative estimate of drug-likeness (QED) is 0.861. The molecule has 2 rings (SSSR count). The van der Waals surface area contributed by atoms with Crippen LogP contribution >= 0.6 is 34.5 Å². The minimum absolute atomic E-state index is 0.00564. The summed E-state index contributed by atoms with van der Waals surface area (Å²) in [5, 5.41) is 8.95. The van der Waals surface area contributed by atoms with Crippen LogP contribution in [0.2, 0.25) is 8.67 Å². The molecule has 1 aromatic rings. The van der Waals surface area contributed by atoms with E-state index in [9.17, 15) is 13.2 Å². The SMILES string of the molecule is O=C(O)C1COCC1NS(=O)(=O)c1cc(Cl)sc1Cl. The van der Waals surface area contributed by atoms with Gasteiger partial charge in [-0.3, -0.25) is 4.79 Å². The van der Waals surface area contributed by atoms with Gasteiger partial charge in [0.1, 0.15) is 9.23 Å². The van der Waals surface area contributed by atoms with Crippen LogP contribution in [0.3, 0.4) is 0 Å². The Balaban J connectivity index is 2.22. The lowest BCUT2D eigenvalue weighted by Gasteiger charge is -2.15. The van der Waals surface area contributed by atoms with Crippen molar-refractivity contribution >= 4 is 50.5 Å². The number of carboxylic acids is 1. The van der Waals surface area contributed by atoms with Crippen molar-refractivity contribution < 1.29 is 23.1 Å². The molecule has 6 nitrogen and oxygen atoms in total. The summed E-state index contributed by atoms with van der Waals surface area (Å²) in [5.41, 5.74) is 0. The zero-order valence-corrected chi connectivity index (χ0v) is 12.4. The summed E-state index contributed by atoms with van der Waals surface area (Å²) in [7, 11) is -3.92. The van der Waals surface area contributed by atoms with Gasteiger partial charge >= 0.3 is 5.97 Å². The highest BCUT2D eigenvalue weighted by molar-refractivity contribution is 7.89. The van der Waals surface area contributed by atoms with E-state index in [1.165, 1.54) is 6.07 Å². The van der Waals surface area contributed by atoms with E-state index in [0.717, 1.165) is 11.3 Å². The first kappa shape index (κ1) is 15.0. The van der Waals surface area contributed by atoms with Gasteiger partial charge in [-0.1, -0.05) is 23.2 Å². The van der Waals surface area contributed by atoms with Gasteiger partial charge in [0.2, 0.25) is 10.0 Å². The lowest BCUT2D eigenvalue weighted by atomic mass is 10.1. The third kappa shape index (κ3) is 3.21. The van der Waals surface area contributed by atoms with E-state index in [0.29, 0.717) is 0 Å². The van der Waals surface area contributed by atoms with Gasteiger partial charge in [0, 0.05) is 0 Å². The van der Waals surface area contributed by atoms with Crippen LogP contribution < -0.4 is 4.72 Å². The summed E-state index contributed by atoms with van der Waals surface area (Å²) < 4.78 is 31.7. The highest BCUT2D eigenvalue weighted by atomic mass is 35.5. The topological polar surface area (TPSA) is 92.7 Å². The second-order valence-electron chi connectivity index (χ2n) is 3.90. The van der Waals surface area contributed by atoms with Crippen LogP contribution in [0.5, 0.6) is 0 Å². The number of rotatable bonds is 4. The maximum absolute atomic E-state index is 12.1. The van der Waals surface area contributed by atoms with Gasteiger partial charge in [-0.2, -0.15) is 0 Å². The number of hydrogen-bond acceptors (Lipinski definition) is 5. The van der Waals surface area contributed by atoms with Crippen molar-refractivity contribution in [3.05, 3.63) is 14.7 Å². The average molecular weight is 346 g/mol. The van der Waals surface area contributed by atoms with Gasteiger partial charge in [-0.15, -0.1) is 11.3 Å². The van der Waals surface area contributed by atoms with E-state index in [2.05, 4.69) is 4.72 Å². The third-order valence-corrected chi connectivity index (χ3v) is 5.86. The summed E-state index contributed by atoms with van der Waals surface area (Å²) in [5.74, 6) is -2.03. The number of thiophene rings is 1. The highest BCUT2D eigenvalue weighted by Gasteiger charge is 2.37. The normalized spacial score (nSPS) is 23.7. The van der Waals surface area contributed by atoms with E-state index < -0.39 is 28.0 Å². The van der Waals surface area contributed by atoms with Crippen LogP contribution in [-0.4, -0.2) is 38.7 Å². The molecule has 10 heteroatoms. The van der Waals surface area contributed by atoms with Crippen molar-refractivity contribution in [3.8, 4) is 0 Å². The number of ether oxygens (including phenoxy) is 1. The van der Waals surface area contributed by atoms with Gasteiger partial charge in [0.05, 0.1) is 29.5 Å². The van der Waals surface area contributed by atoms with Crippen LogP contribution in [0.1, 0.15) is 0 Å². The molecular formula is C9H9Cl2NO5S2. The maximum Gasteiger partial charge on any atom is 0.310 e. The molecular weight excluding hydrogens is 337 g/mol. The van der Waals surface area contributed by atoms with E-state index in [1.807, 2.05) is 0 Å². The third-order valence-electron chi connectivity index (χ3n) is 2.62. The molecule has 1 saturated heterocycles. The van der Waals surface area contributed by atoms with Crippen LogP contribution in [0.25, 0.3) is 0 Å². The van der Waals surface area contributed by atoms with Gasteiger partial charge < -0.3 is 9.84 Å². The van der Waals surface area contributed by atoms with E-state index >= 15 is 0 Å². The van der Waals surface area contributed by atoms with Crippen molar-refractivity contribution in [3.63, 3.8) is 0 Å². The number of carbonyl (C=O) groups is 1. The number of sulfonamides is 1. The van der Waals surface area contributed by atoms with Gasteiger partial charge in [-0.05, 0) is 6.07 Å². The molecule has 0 amide bonds. The second-order valence-corrected chi connectivity index (χ2v) is 7.87. The second kappa shape index (κ2) is 5.55. The number of aliphatic carboxylic acids is 1. The van der Waals surface area contributed by atoms with Gasteiger partial charge in [0.25, 0.3) is 0 Å². The molecule has 19 heavy (non-hydrogen) atoms. The molecule has 1 fully saturated rings. The zero-order chi connectivity index (χ0) is 14.2. The number of halogens is 2.